The summed E-state index contributed by atoms with van der Waals surface area (Å²) in [6.07, 6.45) is 3.90. The van der Waals surface area contributed by atoms with E-state index in [4.69, 9.17) is 0 Å². The fraction of sp³-hybridized carbons (Fsp3) is 0.700. The highest BCUT2D eigenvalue weighted by Crippen LogP contribution is 2.37. The molecule has 0 bridgehead atoms. The van der Waals surface area contributed by atoms with Gasteiger partial charge in [0.15, 0.2) is 0 Å². The SMILES string of the molecule is CCC(O)(CC)CC1CCN(Cc2ccccc2)C1C(C)C. The molecule has 0 spiro atoms. The Morgan fingerprint density at radius 3 is 2.36 bits per heavy atom. The largest absolute Gasteiger partial charge is 0.390 e. The highest BCUT2D eigenvalue weighted by molar-refractivity contribution is 5.15. The highest BCUT2D eigenvalue weighted by atomic mass is 16.3. The fourth-order valence-corrected chi connectivity index (χ4v) is 4.17. The topological polar surface area (TPSA) is 23.5 Å². The third kappa shape index (κ3) is 4.11. The minimum atomic E-state index is -0.472. The number of likely N-dealkylation sites (tertiary alicyclic amines) is 1. The predicted molar refractivity (Wildman–Crippen MR) is 93.7 cm³/mol. The van der Waals surface area contributed by atoms with Crippen LogP contribution in [0.5, 0.6) is 0 Å². The molecule has 0 amide bonds. The Morgan fingerprint density at radius 1 is 1.18 bits per heavy atom. The van der Waals surface area contributed by atoms with E-state index in [-0.39, 0.29) is 0 Å². The van der Waals surface area contributed by atoms with Gasteiger partial charge in [-0.2, -0.15) is 0 Å². The molecule has 0 radical (unpaired) electrons. The maximum absolute atomic E-state index is 10.7. The first-order valence-corrected chi connectivity index (χ1v) is 8.99. The van der Waals surface area contributed by atoms with Crippen LogP contribution in [0.3, 0.4) is 0 Å². The molecule has 0 aliphatic carbocycles. The van der Waals surface area contributed by atoms with E-state index in [9.17, 15) is 5.11 Å². The van der Waals surface area contributed by atoms with Gasteiger partial charge in [0.25, 0.3) is 0 Å². The van der Waals surface area contributed by atoms with Crippen LogP contribution in [-0.4, -0.2) is 28.2 Å². The molecular weight excluding hydrogens is 270 g/mol. The first-order chi connectivity index (χ1) is 10.5. The monoisotopic (exact) mass is 303 g/mol. The number of nitrogens with zero attached hydrogens (tertiary/aromatic N) is 1. The number of hydrogen-bond donors (Lipinski definition) is 1. The van der Waals surface area contributed by atoms with Gasteiger partial charge in [-0.15, -0.1) is 0 Å². The lowest BCUT2D eigenvalue weighted by molar-refractivity contribution is -0.00126. The molecule has 2 heteroatoms. The molecule has 1 aromatic rings. The van der Waals surface area contributed by atoms with Crippen LogP contribution >= 0.6 is 0 Å². The number of benzene rings is 1. The lowest BCUT2D eigenvalue weighted by atomic mass is 9.80. The van der Waals surface area contributed by atoms with Gasteiger partial charge < -0.3 is 5.11 Å². The Morgan fingerprint density at radius 2 is 1.82 bits per heavy atom. The Balaban J connectivity index is 2.07. The van der Waals surface area contributed by atoms with E-state index in [2.05, 4.69) is 62.9 Å². The lowest BCUT2D eigenvalue weighted by Crippen LogP contribution is -2.40. The first kappa shape index (κ1) is 17.5. The van der Waals surface area contributed by atoms with Crippen molar-refractivity contribution in [2.75, 3.05) is 6.54 Å². The molecule has 1 aromatic carbocycles. The molecule has 1 saturated heterocycles. The number of rotatable bonds is 7. The van der Waals surface area contributed by atoms with Gasteiger partial charge in [-0.3, -0.25) is 4.90 Å². The summed E-state index contributed by atoms with van der Waals surface area (Å²) < 4.78 is 0. The zero-order valence-electron chi connectivity index (χ0n) is 14.8. The van der Waals surface area contributed by atoms with Crippen molar-refractivity contribution < 1.29 is 5.11 Å². The second kappa shape index (κ2) is 7.61. The van der Waals surface area contributed by atoms with Crippen molar-refractivity contribution in [1.82, 2.24) is 4.90 Å². The summed E-state index contributed by atoms with van der Waals surface area (Å²) in [5.41, 5.74) is 0.927. The van der Waals surface area contributed by atoms with Crippen molar-refractivity contribution >= 4 is 0 Å². The Hall–Kier alpha value is -0.860. The van der Waals surface area contributed by atoms with Crippen molar-refractivity contribution in [1.29, 1.82) is 0 Å². The molecule has 2 atom stereocenters. The smallest absolute Gasteiger partial charge is 0.0645 e. The number of aliphatic hydroxyl groups is 1. The van der Waals surface area contributed by atoms with Gasteiger partial charge in [0, 0.05) is 12.6 Å². The van der Waals surface area contributed by atoms with Crippen LogP contribution in [0.25, 0.3) is 0 Å². The predicted octanol–water partition coefficient (Wildman–Crippen LogP) is 4.47. The zero-order chi connectivity index (χ0) is 16.2. The van der Waals surface area contributed by atoms with Gasteiger partial charge in [-0.25, -0.2) is 0 Å². The average Bonchev–Trinajstić information content (AvgIpc) is 2.90. The minimum Gasteiger partial charge on any atom is -0.390 e. The zero-order valence-corrected chi connectivity index (χ0v) is 14.8. The summed E-state index contributed by atoms with van der Waals surface area (Å²) in [7, 11) is 0. The molecule has 1 aliphatic heterocycles. The summed E-state index contributed by atoms with van der Waals surface area (Å²) in [4.78, 5) is 2.64. The molecule has 1 aliphatic rings. The molecule has 2 rings (SSSR count). The van der Waals surface area contributed by atoms with Crippen LogP contribution in [0, 0.1) is 11.8 Å². The van der Waals surface area contributed by atoms with E-state index >= 15 is 0 Å². The van der Waals surface area contributed by atoms with Crippen molar-refractivity contribution in [2.24, 2.45) is 11.8 Å². The van der Waals surface area contributed by atoms with Crippen LogP contribution < -0.4 is 0 Å². The number of hydrogen-bond acceptors (Lipinski definition) is 2. The molecule has 2 nitrogen and oxygen atoms in total. The van der Waals surface area contributed by atoms with Gasteiger partial charge >= 0.3 is 0 Å². The van der Waals surface area contributed by atoms with E-state index in [1.54, 1.807) is 0 Å². The van der Waals surface area contributed by atoms with Gasteiger partial charge in [-0.1, -0.05) is 58.0 Å². The maximum Gasteiger partial charge on any atom is 0.0645 e. The van der Waals surface area contributed by atoms with Crippen LogP contribution in [0.15, 0.2) is 30.3 Å². The Bertz CT molecular complexity index is 438. The Kier molecular flexibility index (Phi) is 6.05. The third-order valence-corrected chi connectivity index (χ3v) is 5.56. The first-order valence-electron chi connectivity index (χ1n) is 8.99. The second-order valence-electron chi connectivity index (χ2n) is 7.38. The van der Waals surface area contributed by atoms with Crippen molar-refractivity contribution in [3.05, 3.63) is 35.9 Å². The summed E-state index contributed by atoms with van der Waals surface area (Å²) in [5, 5.41) is 10.7. The van der Waals surface area contributed by atoms with E-state index in [1.165, 1.54) is 12.0 Å². The lowest BCUT2D eigenvalue weighted by Gasteiger charge is -2.36. The Labute approximate surface area is 136 Å². The minimum absolute atomic E-state index is 0.472. The molecule has 1 N–H and O–H groups in total. The standard InChI is InChI=1S/C20H33NO/c1-5-20(22,6-2)14-18-12-13-21(19(18)16(3)4)15-17-10-8-7-9-11-17/h7-11,16,18-19,22H,5-6,12-15H2,1-4H3. The summed E-state index contributed by atoms with van der Waals surface area (Å²) in [6.45, 7) is 11.1. The average molecular weight is 303 g/mol. The highest BCUT2D eigenvalue weighted by Gasteiger charge is 2.39. The normalized spacial score (nSPS) is 23.4. The van der Waals surface area contributed by atoms with Gasteiger partial charge in [0.1, 0.15) is 0 Å². The molecule has 124 valence electrons. The second-order valence-corrected chi connectivity index (χ2v) is 7.38. The summed E-state index contributed by atoms with van der Waals surface area (Å²) >= 11 is 0. The van der Waals surface area contributed by atoms with Gasteiger partial charge in [0.05, 0.1) is 5.60 Å². The fourth-order valence-electron chi connectivity index (χ4n) is 4.17. The maximum atomic E-state index is 10.7. The molecule has 0 saturated carbocycles. The van der Waals surface area contributed by atoms with Crippen molar-refractivity contribution in [3.63, 3.8) is 0 Å². The molecule has 22 heavy (non-hydrogen) atoms. The van der Waals surface area contributed by atoms with E-state index < -0.39 is 5.60 Å². The third-order valence-electron chi connectivity index (χ3n) is 5.56. The molecular formula is C20H33NO. The van der Waals surface area contributed by atoms with Crippen LogP contribution in [0.1, 0.15) is 58.9 Å². The molecule has 0 aromatic heterocycles. The van der Waals surface area contributed by atoms with Crippen molar-refractivity contribution in [3.8, 4) is 0 Å². The molecule has 1 fully saturated rings. The molecule has 1 heterocycles. The van der Waals surface area contributed by atoms with Crippen molar-refractivity contribution in [2.45, 2.75) is 71.6 Å². The van der Waals surface area contributed by atoms with E-state index in [0.717, 1.165) is 32.4 Å². The van der Waals surface area contributed by atoms with Crippen LogP contribution in [0.2, 0.25) is 0 Å². The summed E-state index contributed by atoms with van der Waals surface area (Å²) in [6, 6.07) is 11.4. The molecule has 2 unspecified atom stereocenters. The van der Waals surface area contributed by atoms with E-state index in [0.29, 0.717) is 17.9 Å². The van der Waals surface area contributed by atoms with Gasteiger partial charge in [0.2, 0.25) is 0 Å². The van der Waals surface area contributed by atoms with Gasteiger partial charge in [-0.05, 0) is 49.6 Å². The van der Waals surface area contributed by atoms with E-state index in [1.807, 2.05) is 0 Å². The van der Waals surface area contributed by atoms with Crippen LogP contribution in [0.4, 0.5) is 0 Å². The van der Waals surface area contributed by atoms with Crippen LogP contribution in [-0.2, 0) is 6.54 Å². The quantitative estimate of drug-likeness (QED) is 0.803. The summed E-state index contributed by atoms with van der Waals surface area (Å²) in [5.74, 6) is 1.25.